The van der Waals surface area contributed by atoms with Crippen LogP contribution in [0.3, 0.4) is 0 Å². The second-order valence-corrected chi connectivity index (χ2v) is 8.71. The first-order chi connectivity index (χ1) is 16.0. The fourth-order valence-corrected chi connectivity index (χ4v) is 4.91. The van der Waals surface area contributed by atoms with E-state index in [9.17, 15) is 14.7 Å². The highest BCUT2D eigenvalue weighted by molar-refractivity contribution is 7.99. The van der Waals surface area contributed by atoms with E-state index < -0.39 is 18.1 Å². The SMILES string of the molecule is CCOC(CCSCC(NC(=O)OCC1c2ccccc2-c2ccccc21)C(=O)O)OCC. The normalized spacial score (nSPS) is 13.4. The molecule has 0 aromatic heterocycles. The molecule has 178 valence electrons. The Kier molecular flexibility index (Phi) is 9.60. The average molecular weight is 474 g/mol. The van der Waals surface area contributed by atoms with Crippen LogP contribution in [0.25, 0.3) is 11.1 Å². The fourth-order valence-electron chi connectivity index (χ4n) is 3.92. The number of rotatable bonds is 13. The number of carboxylic acids is 1. The molecule has 8 heteroatoms. The van der Waals surface area contributed by atoms with Crippen molar-refractivity contribution in [3.8, 4) is 11.1 Å². The van der Waals surface area contributed by atoms with Gasteiger partial charge in [0.1, 0.15) is 12.6 Å². The lowest BCUT2D eigenvalue weighted by atomic mass is 9.98. The monoisotopic (exact) mass is 473 g/mol. The third-order valence-electron chi connectivity index (χ3n) is 5.42. The van der Waals surface area contributed by atoms with Crippen LogP contribution < -0.4 is 5.32 Å². The molecule has 0 heterocycles. The molecule has 1 amide bonds. The summed E-state index contributed by atoms with van der Waals surface area (Å²) in [6.45, 7) is 5.05. The number of amides is 1. The van der Waals surface area contributed by atoms with Crippen LogP contribution in [0.2, 0.25) is 0 Å². The van der Waals surface area contributed by atoms with E-state index in [1.807, 2.05) is 50.2 Å². The molecular weight excluding hydrogens is 442 g/mol. The zero-order valence-corrected chi connectivity index (χ0v) is 19.8. The van der Waals surface area contributed by atoms with Gasteiger partial charge in [0.25, 0.3) is 0 Å². The van der Waals surface area contributed by atoms with Crippen molar-refractivity contribution >= 4 is 23.8 Å². The van der Waals surface area contributed by atoms with Crippen LogP contribution in [0, 0.1) is 0 Å². The van der Waals surface area contributed by atoms with Gasteiger partial charge in [0.05, 0.1) is 0 Å². The minimum Gasteiger partial charge on any atom is -0.480 e. The molecule has 33 heavy (non-hydrogen) atoms. The molecule has 0 bridgehead atoms. The zero-order valence-electron chi connectivity index (χ0n) is 19.0. The highest BCUT2D eigenvalue weighted by Gasteiger charge is 2.29. The topological polar surface area (TPSA) is 94.1 Å². The molecule has 1 aliphatic rings. The van der Waals surface area contributed by atoms with Gasteiger partial charge in [0.2, 0.25) is 0 Å². The van der Waals surface area contributed by atoms with Crippen molar-refractivity contribution in [1.82, 2.24) is 5.32 Å². The van der Waals surface area contributed by atoms with E-state index in [1.54, 1.807) is 0 Å². The largest absolute Gasteiger partial charge is 0.480 e. The molecule has 0 saturated carbocycles. The van der Waals surface area contributed by atoms with Gasteiger partial charge in [-0.15, -0.1) is 0 Å². The van der Waals surface area contributed by atoms with Crippen LogP contribution in [0.4, 0.5) is 4.79 Å². The summed E-state index contributed by atoms with van der Waals surface area (Å²) in [6, 6.07) is 15.1. The van der Waals surface area contributed by atoms with Gasteiger partial charge >= 0.3 is 12.1 Å². The summed E-state index contributed by atoms with van der Waals surface area (Å²) in [7, 11) is 0. The maximum Gasteiger partial charge on any atom is 0.407 e. The van der Waals surface area contributed by atoms with Gasteiger partial charge in [-0.3, -0.25) is 0 Å². The molecule has 0 spiro atoms. The first kappa shape index (κ1) is 25.1. The molecule has 2 N–H and O–H groups in total. The predicted octanol–water partition coefficient (Wildman–Crippen LogP) is 4.50. The van der Waals surface area contributed by atoms with Gasteiger partial charge in [-0.25, -0.2) is 9.59 Å². The van der Waals surface area contributed by atoms with Crippen LogP contribution in [-0.4, -0.2) is 60.8 Å². The number of benzene rings is 2. The van der Waals surface area contributed by atoms with E-state index in [1.165, 1.54) is 11.8 Å². The van der Waals surface area contributed by atoms with E-state index in [2.05, 4.69) is 17.4 Å². The Morgan fingerprint density at radius 1 is 1.00 bits per heavy atom. The highest BCUT2D eigenvalue weighted by Crippen LogP contribution is 2.44. The Morgan fingerprint density at radius 2 is 1.58 bits per heavy atom. The van der Waals surface area contributed by atoms with Crippen molar-refractivity contribution in [2.75, 3.05) is 31.3 Å². The first-order valence-electron chi connectivity index (χ1n) is 11.2. The molecule has 0 aliphatic heterocycles. The summed E-state index contributed by atoms with van der Waals surface area (Å²) in [4.78, 5) is 24.0. The number of fused-ring (bicyclic) bond motifs is 3. The minimum absolute atomic E-state index is 0.0742. The van der Waals surface area contributed by atoms with Crippen molar-refractivity contribution in [1.29, 1.82) is 0 Å². The van der Waals surface area contributed by atoms with Crippen LogP contribution in [0.1, 0.15) is 37.3 Å². The van der Waals surface area contributed by atoms with E-state index in [0.29, 0.717) is 25.4 Å². The van der Waals surface area contributed by atoms with Crippen molar-refractivity contribution in [2.24, 2.45) is 0 Å². The Balaban J connectivity index is 1.50. The van der Waals surface area contributed by atoms with Gasteiger partial charge in [-0.05, 0) is 41.9 Å². The molecule has 1 atom stereocenters. The number of nitrogens with one attached hydrogen (secondary N) is 1. The molecular formula is C25H31NO6S. The van der Waals surface area contributed by atoms with Gasteiger partial charge < -0.3 is 24.6 Å². The molecule has 0 radical (unpaired) electrons. The van der Waals surface area contributed by atoms with Gasteiger partial charge in [0, 0.05) is 31.3 Å². The van der Waals surface area contributed by atoms with E-state index in [4.69, 9.17) is 14.2 Å². The van der Waals surface area contributed by atoms with Crippen molar-refractivity contribution in [3.05, 3.63) is 59.7 Å². The number of carboxylic acid groups (broad SMARTS) is 1. The summed E-state index contributed by atoms with van der Waals surface area (Å²) >= 11 is 1.43. The van der Waals surface area contributed by atoms with Gasteiger partial charge in [-0.2, -0.15) is 11.8 Å². The maximum atomic E-state index is 12.4. The fraction of sp³-hybridized carbons (Fsp3) is 0.440. The molecule has 0 fully saturated rings. The Bertz CT molecular complexity index is 885. The summed E-state index contributed by atoms with van der Waals surface area (Å²) in [5, 5.41) is 12.0. The molecule has 0 saturated heterocycles. The summed E-state index contributed by atoms with van der Waals surface area (Å²) in [5.41, 5.74) is 4.49. The van der Waals surface area contributed by atoms with E-state index >= 15 is 0 Å². The number of ether oxygens (including phenoxy) is 3. The Labute approximate surface area is 198 Å². The van der Waals surface area contributed by atoms with Crippen LogP contribution >= 0.6 is 11.8 Å². The second kappa shape index (κ2) is 12.6. The smallest absolute Gasteiger partial charge is 0.407 e. The van der Waals surface area contributed by atoms with Crippen molar-refractivity contribution < 1.29 is 28.9 Å². The Morgan fingerprint density at radius 3 is 2.12 bits per heavy atom. The lowest BCUT2D eigenvalue weighted by Crippen LogP contribution is -2.43. The number of thioether (sulfide) groups is 1. The summed E-state index contributed by atoms with van der Waals surface area (Å²) < 4.78 is 16.4. The number of carbonyl (C=O) groups is 2. The molecule has 3 rings (SSSR count). The third kappa shape index (κ3) is 6.72. The van der Waals surface area contributed by atoms with Crippen molar-refractivity contribution in [2.45, 2.75) is 38.5 Å². The Hall–Kier alpha value is -2.55. The zero-order chi connectivity index (χ0) is 23.6. The number of aliphatic carboxylic acids is 1. The molecule has 1 unspecified atom stereocenters. The molecule has 2 aromatic carbocycles. The molecule has 7 nitrogen and oxygen atoms in total. The summed E-state index contributed by atoms with van der Waals surface area (Å²) in [6.07, 6.45) is -0.388. The number of hydrogen-bond acceptors (Lipinski definition) is 6. The standard InChI is InChI=1S/C25H31NO6S/c1-3-30-23(31-4-2)13-14-33-16-22(24(27)28)26-25(29)32-15-21-19-11-7-5-9-17(19)18-10-6-8-12-20(18)21/h5-12,21-23H,3-4,13-16H2,1-2H3,(H,26,29)(H,27,28). The number of carbonyl (C=O) groups excluding carboxylic acids is 1. The van der Waals surface area contributed by atoms with Crippen molar-refractivity contribution in [3.63, 3.8) is 0 Å². The quantitative estimate of drug-likeness (QED) is 0.327. The van der Waals surface area contributed by atoms with Gasteiger partial charge in [-0.1, -0.05) is 48.5 Å². The van der Waals surface area contributed by atoms with Gasteiger partial charge in [0.15, 0.2) is 6.29 Å². The lowest BCUT2D eigenvalue weighted by Gasteiger charge is -2.18. The second-order valence-electron chi connectivity index (χ2n) is 7.56. The molecule has 1 aliphatic carbocycles. The van der Waals surface area contributed by atoms with E-state index in [-0.39, 0.29) is 24.6 Å². The van der Waals surface area contributed by atoms with Crippen LogP contribution in [-0.2, 0) is 19.0 Å². The van der Waals surface area contributed by atoms with Crippen LogP contribution in [0.15, 0.2) is 48.5 Å². The maximum absolute atomic E-state index is 12.4. The average Bonchev–Trinajstić information content (AvgIpc) is 3.13. The lowest BCUT2D eigenvalue weighted by molar-refractivity contribution is -0.138. The highest BCUT2D eigenvalue weighted by atomic mass is 32.2. The third-order valence-corrected chi connectivity index (χ3v) is 6.51. The summed E-state index contributed by atoms with van der Waals surface area (Å²) in [5.74, 6) is -0.289. The van der Waals surface area contributed by atoms with Crippen LogP contribution in [0.5, 0.6) is 0 Å². The first-order valence-corrected chi connectivity index (χ1v) is 12.4. The predicted molar refractivity (Wildman–Crippen MR) is 129 cm³/mol. The molecule has 2 aromatic rings. The van der Waals surface area contributed by atoms with E-state index in [0.717, 1.165) is 22.3 Å². The number of hydrogen-bond donors (Lipinski definition) is 2. The number of alkyl carbamates (subject to hydrolysis) is 1. The minimum atomic E-state index is -1.10.